The van der Waals surface area contributed by atoms with Crippen molar-refractivity contribution in [3.8, 4) is 0 Å². The summed E-state index contributed by atoms with van der Waals surface area (Å²) in [7, 11) is 0. The lowest BCUT2D eigenvalue weighted by molar-refractivity contribution is -0.139. The van der Waals surface area contributed by atoms with Crippen LogP contribution in [0, 0.1) is 0 Å². The predicted molar refractivity (Wildman–Crippen MR) is 100 cm³/mol. The van der Waals surface area contributed by atoms with Crippen LogP contribution < -0.4 is 0 Å². The van der Waals surface area contributed by atoms with Gasteiger partial charge in [-0.25, -0.2) is 0 Å². The first-order chi connectivity index (χ1) is 13.0. The number of rotatable bonds is 5. The third-order valence-corrected chi connectivity index (χ3v) is 5.89. The fourth-order valence-corrected chi connectivity index (χ4v) is 4.46. The number of hydrogen-bond donors (Lipinski definition) is 0. The minimum absolute atomic E-state index is 0.195. The molecule has 5 heteroatoms. The van der Waals surface area contributed by atoms with Gasteiger partial charge in [0.05, 0.1) is 5.56 Å². The van der Waals surface area contributed by atoms with Crippen molar-refractivity contribution in [2.45, 2.75) is 44.1 Å². The third-order valence-electron chi connectivity index (χ3n) is 5.89. The lowest BCUT2D eigenvalue weighted by Crippen LogP contribution is -2.54. The highest BCUT2D eigenvalue weighted by atomic mass is 19.4. The minimum Gasteiger partial charge on any atom is -0.302 e. The standard InChI is InChI=1S/C22H25F3N2/c23-22(24,25)20-11-5-4-10-18(20)15-27-19(16-26-12-6-7-13-26)14-21(27)17-8-2-1-3-9-17/h1-5,8-11,19,21H,6-7,12-16H2. The molecule has 2 heterocycles. The average molecular weight is 374 g/mol. The van der Waals surface area contributed by atoms with Crippen LogP contribution in [-0.4, -0.2) is 35.5 Å². The van der Waals surface area contributed by atoms with E-state index in [1.54, 1.807) is 12.1 Å². The number of alkyl halides is 3. The molecule has 0 bridgehead atoms. The van der Waals surface area contributed by atoms with Crippen molar-refractivity contribution in [2.75, 3.05) is 19.6 Å². The molecule has 0 aliphatic carbocycles. The molecule has 2 aliphatic rings. The van der Waals surface area contributed by atoms with Crippen LogP contribution in [-0.2, 0) is 12.7 Å². The molecule has 2 aromatic carbocycles. The minimum atomic E-state index is -4.31. The number of benzene rings is 2. The molecule has 2 fully saturated rings. The molecule has 0 spiro atoms. The molecule has 27 heavy (non-hydrogen) atoms. The van der Waals surface area contributed by atoms with Gasteiger partial charge in [0.2, 0.25) is 0 Å². The second-order valence-electron chi connectivity index (χ2n) is 7.65. The first-order valence-electron chi connectivity index (χ1n) is 9.70. The zero-order chi connectivity index (χ0) is 18.9. The Bertz CT molecular complexity index is 754. The van der Waals surface area contributed by atoms with Crippen molar-refractivity contribution < 1.29 is 13.2 Å². The largest absolute Gasteiger partial charge is 0.416 e. The molecule has 0 N–H and O–H groups in total. The van der Waals surface area contributed by atoms with Gasteiger partial charge in [0.25, 0.3) is 0 Å². The van der Waals surface area contributed by atoms with Crippen molar-refractivity contribution in [1.82, 2.24) is 9.80 Å². The first kappa shape index (κ1) is 18.5. The highest BCUT2D eigenvalue weighted by Crippen LogP contribution is 2.42. The molecule has 2 unspecified atom stereocenters. The predicted octanol–water partition coefficient (Wildman–Crippen LogP) is 5.12. The van der Waals surface area contributed by atoms with Gasteiger partial charge in [-0.05, 0) is 49.5 Å². The number of hydrogen-bond acceptors (Lipinski definition) is 2. The molecule has 0 amide bonds. The fraction of sp³-hybridized carbons (Fsp3) is 0.455. The summed E-state index contributed by atoms with van der Waals surface area (Å²) in [4.78, 5) is 4.72. The number of halogens is 3. The molecule has 4 rings (SSSR count). The Kier molecular flexibility index (Phi) is 5.24. The molecule has 0 radical (unpaired) electrons. The van der Waals surface area contributed by atoms with E-state index in [0.29, 0.717) is 18.2 Å². The second kappa shape index (κ2) is 7.64. The lowest BCUT2D eigenvalue weighted by atomic mass is 9.86. The van der Waals surface area contributed by atoms with E-state index in [-0.39, 0.29) is 6.04 Å². The van der Waals surface area contributed by atoms with Crippen molar-refractivity contribution in [3.05, 3.63) is 71.3 Å². The lowest BCUT2D eigenvalue weighted by Gasteiger charge is -2.50. The van der Waals surface area contributed by atoms with Crippen molar-refractivity contribution in [2.24, 2.45) is 0 Å². The number of likely N-dealkylation sites (tertiary alicyclic amines) is 2. The van der Waals surface area contributed by atoms with Gasteiger partial charge in [-0.3, -0.25) is 4.90 Å². The van der Waals surface area contributed by atoms with Crippen molar-refractivity contribution in [1.29, 1.82) is 0 Å². The number of nitrogens with zero attached hydrogens (tertiary/aromatic N) is 2. The molecule has 0 aromatic heterocycles. The van der Waals surface area contributed by atoms with Crippen LogP contribution in [0.25, 0.3) is 0 Å². The SMILES string of the molecule is FC(F)(F)c1ccccc1CN1C(CN2CCCC2)CC1c1ccccc1. The van der Waals surface area contributed by atoms with E-state index in [1.807, 2.05) is 18.2 Å². The summed E-state index contributed by atoms with van der Waals surface area (Å²) in [6, 6.07) is 16.7. The van der Waals surface area contributed by atoms with Crippen LogP contribution in [0.2, 0.25) is 0 Å². The molecular formula is C22H25F3N2. The van der Waals surface area contributed by atoms with Crippen LogP contribution in [0.5, 0.6) is 0 Å². The van der Waals surface area contributed by atoms with E-state index in [9.17, 15) is 13.2 Å². The van der Waals surface area contributed by atoms with Gasteiger partial charge in [0.1, 0.15) is 0 Å². The summed E-state index contributed by atoms with van der Waals surface area (Å²) in [5.41, 5.74) is 1.06. The second-order valence-corrected chi connectivity index (χ2v) is 7.65. The van der Waals surface area contributed by atoms with Crippen LogP contribution in [0.15, 0.2) is 54.6 Å². The highest BCUT2D eigenvalue weighted by molar-refractivity contribution is 5.31. The molecule has 0 saturated carbocycles. The van der Waals surface area contributed by atoms with Crippen LogP contribution >= 0.6 is 0 Å². The normalized spacial score (nSPS) is 24.1. The van der Waals surface area contributed by atoms with Gasteiger partial charge in [-0.15, -0.1) is 0 Å². The molecule has 2 aromatic rings. The van der Waals surface area contributed by atoms with E-state index in [2.05, 4.69) is 21.9 Å². The smallest absolute Gasteiger partial charge is 0.302 e. The topological polar surface area (TPSA) is 6.48 Å². The summed E-state index contributed by atoms with van der Waals surface area (Å²) in [5.74, 6) is 0. The zero-order valence-electron chi connectivity index (χ0n) is 15.3. The maximum absolute atomic E-state index is 13.4. The van der Waals surface area contributed by atoms with Crippen molar-refractivity contribution in [3.63, 3.8) is 0 Å². The maximum atomic E-state index is 13.4. The van der Waals surface area contributed by atoms with E-state index >= 15 is 0 Å². The summed E-state index contributed by atoms with van der Waals surface area (Å²) in [6.45, 7) is 3.52. The Hall–Kier alpha value is -1.85. The maximum Gasteiger partial charge on any atom is 0.416 e. The summed E-state index contributed by atoms with van der Waals surface area (Å²) >= 11 is 0. The summed E-state index contributed by atoms with van der Waals surface area (Å²) in [6.07, 6.45) is -0.847. The van der Waals surface area contributed by atoms with Gasteiger partial charge in [0, 0.05) is 25.2 Å². The van der Waals surface area contributed by atoms with Gasteiger partial charge < -0.3 is 4.90 Å². The molecule has 2 nitrogen and oxygen atoms in total. The van der Waals surface area contributed by atoms with Gasteiger partial charge in [-0.1, -0.05) is 48.5 Å². The molecule has 2 atom stereocenters. The average Bonchev–Trinajstić information content (AvgIpc) is 3.16. The van der Waals surface area contributed by atoms with E-state index in [4.69, 9.17) is 0 Å². The van der Waals surface area contributed by atoms with Crippen LogP contribution in [0.3, 0.4) is 0 Å². The van der Waals surface area contributed by atoms with E-state index < -0.39 is 11.7 Å². The summed E-state index contributed by atoms with van der Waals surface area (Å²) < 4.78 is 40.3. The van der Waals surface area contributed by atoms with Crippen LogP contribution in [0.1, 0.15) is 42.0 Å². The Morgan fingerprint density at radius 3 is 2.26 bits per heavy atom. The van der Waals surface area contributed by atoms with Gasteiger partial charge >= 0.3 is 6.18 Å². The Morgan fingerprint density at radius 1 is 0.889 bits per heavy atom. The Balaban J connectivity index is 1.57. The van der Waals surface area contributed by atoms with Gasteiger partial charge in [-0.2, -0.15) is 13.2 Å². The Labute approximate surface area is 158 Å². The zero-order valence-corrected chi connectivity index (χ0v) is 15.3. The monoisotopic (exact) mass is 374 g/mol. The van der Waals surface area contributed by atoms with Crippen molar-refractivity contribution >= 4 is 0 Å². The first-order valence-corrected chi connectivity index (χ1v) is 9.70. The third kappa shape index (κ3) is 4.04. The molecule has 2 saturated heterocycles. The van der Waals surface area contributed by atoms with Gasteiger partial charge in [0.15, 0.2) is 0 Å². The highest BCUT2D eigenvalue weighted by Gasteiger charge is 2.41. The quantitative estimate of drug-likeness (QED) is 0.717. The molecular weight excluding hydrogens is 349 g/mol. The molecule has 144 valence electrons. The van der Waals surface area contributed by atoms with E-state index in [1.165, 1.54) is 30.5 Å². The Morgan fingerprint density at radius 2 is 1.56 bits per heavy atom. The van der Waals surface area contributed by atoms with E-state index in [0.717, 1.165) is 26.1 Å². The molecule has 2 aliphatic heterocycles. The van der Waals surface area contributed by atoms with Crippen LogP contribution in [0.4, 0.5) is 13.2 Å². The summed E-state index contributed by atoms with van der Waals surface area (Å²) in [5, 5.41) is 0. The fourth-order valence-electron chi connectivity index (χ4n) is 4.46.